The maximum absolute atomic E-state index is 12.2. The van der Waals surface area contributed by atoms with Crippen LogP contribution in [0, 0.1) is 19.3 Å². The van der Waals surface area contributed by atoms with Crippen molar-refractivity contribution in [2.24, 2.45) is 5.41 Å². The fraction of sp³-hybridized carbons (Fsp3) is 0.455. The number of benzene rings is 1. The molecule has 0 radical (unpaired) electrons. The summed E-state index contributed by atoms with van der Waals surface area (Å²) < 4.78 is 0. The number of hydrogen-bond donors (Lipinski definition) is 2. The van der Waals surface area contributed by atoms with Crippen molar-refractivity contribution in [1.82, 2.24) is 4.98 Å². The van der Waals surface area contributed by atoms with Crippen LogP contribution in [-0.2, 0) is 11.2 Å². The molecule has 144 valence electrons. The van der Waals surface area contributed by atoms with Crippen molar-refractivity contribution in [3.8, 4) is 0 Å². The number of carboxylic acids is 1. The highest BCUT2D eigenvalue weighted by Crippen LogP contribution is 2.38. The van der Waals surface area contributed by atoms with E-state index in [9.17, 15) is 15.0 Å². The maximum atomic E-state index is 12.2. The van der Waals surface area contributed by atoms with Crippen LogP contribution in [0.1, 0.15) is 36.2 Å². The zero-order valence-corrected chi connectivity index (χ0v) is 16.1. The number of aliphatic hydroxyl groups is 1. The van der Waals surface area contributed by atoms with Crippen molar-refractivity contribution in [1.29, 1.82) is 0 Å². The minimum absolute atomic E-state index is 0.321. The molecule has 1 fully saturated rings. The van der Waals surface area contributed by atoms with Crippen LogP contribution in [0.3, 0.4) is 0 Å². The number of aliphatic hydroxyl groups excluding tert-OH is 1. The Morgan fingerprint density at radius 3 is 2.52 bits per heavy atom. The first-order chi connectivity index (χ1) is 12.9. The highest BCUT2D eigenvalue weighted by Gasteiger charge is 2.48. The summed E-state index contributed by atoms with van der Waals surface area (Å²) in [7, 11) is 0. The molecule has 2 aromatic rings. The van der Waals surface area contributed by atoms with Crippen LogP contribution in [-0.4, -0.2) is 40.4 Å². The Bertz CT molecular complexity index is 773. The van der Waals surface area contributed by atoms with Crippen molar-refractivity contribution in [2.75, 3.05) is 18.0 Å². The summed E-state index contributed by atoms with van der Waals surface area (Å²) in [6, 6.07) is 14.0. The number of aliphatic carboxylic acids is 1. The van der Waals surface area contributed by atoms with Gasteiger partial charge in [0.25, 0.3) is 0 Å². The predicted molar refractivity (Wildman–Crippen MR) is 106 cm³/mol. The third-order valence-corrected chi connectivity index (χ3v) is 5.57. The quantitative estimate of drug-likeness (QED) is 0.818. The lowest BCUT2D eigenvalue weighted by Gasteiger charge is -2.44. The van der Waals surface area contributed by atoms with Crippen molar-refractivity contribution in [3.05, 3.63) is 59.4 Å². The lowest BCUT2D eigenvalue weighted by atomic mass is 9.73. The summed E-state index contributed by atoms with van der Waals surface area (Å²) in [5.74, 6) is -0.907. The number of piperidine rings is 1. The average Bonchev–Trinajstić information content (AvgIpc) is 2.63. The number of carbonyl (C=O) groups is 1. The van der Waals surface area contributed by atoms with E-state index in [2.05, 4.69) is 22.0 Å². The Hall–Kier alpha value is -2.40. The van der Waals surface area contributed by atoms with Gasteiger partial charge >= 0.3 is 5.97 Å². The molecule has 1 aromatic heterocycles. The number of hydrogen-bond acceptors (Lipinski definition) is 4. The molecule has 0 saturated carbocycles. The highest BCUT2D eigenvalue weighted by atomic mass is 16.4. The van der Waals surface area contributed by atoms with Gasteiger partial charge in [-0.05, 0) is 57.2 Å². The minimum atomic E-state index is -1.14. The van der Waals surface area contributed by atoms with Crippen LogP contribution in [0.5, 0.6) is 0 Å². The number of aryl methyl sites for hydroxylation is 3. The van der Waals surface area contributed by atoms with Gasteiger partial charge in [0.2, 0.25) is 0 Å². The molecule has 0 bridgehead atoms. The smallest absolute Gasteiger partial charge is 0.314 e. The summed E-state index contributed by atoms with van der Waals surface area (Å²) in [6.45, 7) is 4.86. The Labute approximate surface area is 160 Å². The van der Waals surface area contributed by atoms with Gasteiger partial charge in [-0.3, -0.25) is 9.78 Å². The number of pyridine rings is 1. The van der Waals surface area contributed by atoms with E-state index < -0.39 is 17.5 Å². The second kappa shape index (κ2) is 8.09. The number of nitrogens with zero attached hydrogens (tertiary/aromatic N) is 2. The molecule has 5 nitrogen and oxygen atoms in total. The van der Waals surface area contributed by atoms with Crippen LogP contribution in [0.4, 0.5) is 5.69 Å². The lowest BCUT2D eigenvalue weighted by molar-refractivity contribution is -0.158. The fourth-order valence-corrected chi connectivity index (χ4v) is 4.11. The molecule has 0 spiro atoms. The monoisotopic (exact) mass is 368 g/mol. The first kappa shape index (κ1) is 19.4. The molecule has 5 heteroatoms. The van der Waals surface area contributed by atoms with E-state index in [1.54, 1.807) is 0 Å². The summed E-state index contributed by atoms with van der Waals surface area (Å²) >= 11 is 0. The number of carboxylic acid groups (broad SMARTS) is 1. The lowest BCUT2D eigenvalue weighted by Crippen LogP contribution is -2.56. The molecular weight excluding hydrogens is 340 g/mol. The van der Waals surface area contributed by atoms with Gasteiger partial charge in [-0.2, -0.15) is 0 Å². The van der Waals surface area contributed by atoms with E-state index >= 15 is 0 Å². The van der Waals surface area contributed by atoms with Crippen LogP contribution >= 0.6 is 0 Å². The Kier molecular flexibility index (Phi) is 5.80. The van der Waals surface area contributed by atoms with Crippen molar-refractivity contribution in [2.45, 2.75) is 45.6 Å². The van der Waals surface area contributed by atoms with Gasteiger partial charge in [0, 0.05) is 30.2 Å². The molecule has 2 heterocycles. The molecule has 2 atom stereocenters. The Morgan fingerprint density at radius 2 is 1.89 bits per heavy atom. The molecule has 1 aliphatic heterocycles. The summed E-state index contributed by atoms with van der Waals surface area (Å²) in [5, 5.41) is 20.7. The normalized spacial score (nSPS) is 22.6. The largest absolute Gasteiger partial charge is 0.481 e. The van der Waals surface area contributed by atoms with Gasteiger partial charge in [-0.25, -0.2) is 0 Å². The fourth-order valence-electron chi connectivity index (χ4n) is 4.11. The van der Waals surface area contributed by atoms with Crippen LogP contribution in [0.15, 0.2) is 42.5 Å². The molecule has 2 N–H and O–H groups in total. The number of aromatic nitrogens is 1. The molecule has 1 saturated heterocycles. The van der Waals surface area contributed by atoms with Crippen LogP contribution in [0.25, 0.3) is 0 Å². The zero-order chi connectivity index (χ0) is 19.4. The van der Waals surface area contributed by atoms with Gasteiger partial charge in [-0.15, -0.1) is 0 Å². The molecule has 1 aliphatic rings. The maximum Gasteiger partial charge on any atom is 0.314 e. The van der Waals surface area contributed by atoms with Gasteiger partial charge in [0.05, 0.1) is 6.10 Å². The van der Waals surface area contributed by atoms with E-state index in [-0.39, 0.29) is 0 Å². The molecule has 1 aromatic carbocycles. The van der Waals surface area contributed by atoms with E-state index in [1.165, 1.54) is 5.56 Å². The van der Waals surface area contributed by atoms with Gasteiger partial charge in [0.1, 0.15) is 5.41 Å². The van der Waals surface area contributed by atoms with Gasteiger partial charge in [0.15, 0.2) is 0 Å². The second-order valence-electron chi connectivity index (χ2n) is 7.63. The van der Waals surface area contributed by atoms with Crippen molar-refractivity contribution in [3.63, 3.8) is 0 Å². The molecule has 0 amide bonds. The first-order valence-corrected chi connectivity index (χ1v) is 9.56. The van der Waals surface area contributed by atoms with Crippen LogP contribution < -0.4 is 4.90 Å². The van der Waals surface area contributed by atoms with Crippen molar-refractivity contribution >= 4 is 11.7 Å². The molecule has 3 rings (SSSR count). The topological polar surface area (TPSA) is 73.7 Å². The summed E-state index contributed by atoms with van der Waals surface area (Å²) in [4.78, 5) is 18.7. The van der Waals surface area contributed by atoms with Gasteiger partial charge in [-0.1, -0.05) is 30.3 Å². The van der Waals surface area contributed by atoms with E-state index in [0.29, 0.717) is 25.9 Å². The zero-order valence-electron chi connectivity index (χ0n) is 16.1. The van der Waals surface area contributed by atoms with Crippen LogP contribution in [0.2, 0.25) is 0 Å². The van der Waals surface area contributed by atoms with Gasteiger partial charge < -0.3 is 15.1 Å². The molecule has 27 heavy (non-hydrogen) atoms. The standard InChI is InChI=1S/C22H28N2O3/c1-16-13-19(14-17(2)23-16)24-12-10-20(25)22(15-24,21(26)27)11-6-9-18-7-4-3-5-8-18/h3-5,7-8,13-14,20,25H,6,9-12,15H2,1-2H3,(H,26,27)/t20-,22-/m1/s1. The molecule has 0 unspecified atom stereocenters. The Balaban J connectivity index is 1.78. The highest BCUT2D eigenvalue weighted by molar-refractivity contribution is 5.77. The third kappa shape index (κ3) is 4.30. The van der Waals surface area contributed by atoms with E-state index in [4.69, 9.17) is 0 Å². The predicted octanol–water partition coefficient (Wildman–Crippen LogP) is 3.36. The first-order valence-electron chi connectivity index (χ1n) is 9.56. The SMILES string of the molecule is Cc1cc(N2CC[C@@H](O)[C@](CCCc3ccccc3)(C(=O)O)C2)cc(C)n1. The number of rotatable bonds is 6. The Morgan fingerprint density at radius 1 is 1.22 bits per heavy atom. The third-order valence-electron chi connectivity index (χ3n) is 5.57. The minimum Gasteiger partial charge on any atom is -0.481 e. The average molecular weight is 368 g/mol. The van der Waals surface area contributed by atoms with E-state index in [1.807, 2.05) is 44.2 Å². The second-order valence-corrected chi connectivity index (χ2v) is 7.63. The van der Waals surface area contributed by atoms with E-state index in [0.717, 1.165) is 29.9 Å². The summed E-state index contributed by atoms with van der Waals surface area (Å²) in [5.41, 5.74) is 2.88. The molecular formula is C22H28N2O3. The van der Waals surface area contributed by atoms with Crippen molar-refractivity contribution < 1.29 is 15.0 Å². The molecule has 0 aliphatic carbocycles. The summed E-state index contributed by atoms with van der Waals surface area (Å²) in [6.07, 6.45) is 1.63. The number of anilines is 1.